The molecular weight excluding hydrogens is 370 g/mol. The number of hydrogen-bond donors (Lipinski definition) is 1. The van der Waals surface area contributed by atoms with Crippen LogP contribution in [0.1, 0.15) is 29.3 Å². The molecule has 2 aromatic heterocycles. The van der Waals surface area contributed by atoms with Gasteiger partial charge in [0.05, 0.1) is 10.6 Å². The van der Waals surface area contributed by atoms with Crippen molar-refractivity contribution in [2.75, 3.05) is 0 Å². The van der Waals surface area contributed by atoms with Gasteiger partial charge in [-0.1, -0.05) is 11.6 Å². The highest BCUT2D eigenvalue weighted by atomic mass is 79.9. The normalized spacial score (nSPS) is 18.3. The average molecular weight is 379 g/mol. The van der Waals surface area contributed by atoms with Crippen LogP contribution in [0.5, 0.6) is 0 Å². The summed E-state index contributed by atoms with van der Waals surface area (Å²) in [5, 5.41) is 10.1. The number of carbonyl (C=O) groups is 1. The van der Waals surface area contributed by atoms with Crippen molar-refractivity contribution in [2.24, 2.45) is 0 Å². The molecule has 3 nitrogen and oxygen atoms in total. The Bertz CT molecular complexity index is 633. The maximum atomic E-state index is 11.3. The molecule has 0 saturated carbocycles. The summed E-state index contributed by atoms with van der Waals surface area (Å²) in [6.45, 7) is 0. The van der Waals surface area contributed by atoms with Crippen LogP contribution in [0.4, 0.5) is 0 Å². The first-order chi connectivity index (χ1) is 9.06. The zero-order chi connectivity index (χ0) is 13.6. The molecule has 2 heterocycles. The van der Waals surface area contributed by atoms with E-state index in [1.807, 2.05) is 6.07 Å². The molecule has 1 aliphatic rings. The Hall–Kier alpha value is -0.430. The number of aromatic nitrogens is 1. The van der Waals surface area contributed by atoms with Gasteiger partial charge in [0.15, 0.2) is 0 Å². The third-order valence-electron chi connectivity index (χ3n) is 3.11. The second-order valence-electron chi connectivity index (χ2n) is 4.34. The summed E-state index contributed by atoms with van der Waals surface area (Å²) in [7, 11) is 0. The van der Waals surface area contributed by atoms with Crippen molar-refractivity contribution in [3.63, 3.8) is 0 Å². The number of carboxylic acids is 1. The molecule has 1 atom stereocenters. The summed E-state index contributed by atoms with van der Waals surface area (Å²) in [5.74, 6) is -1.23. The fourth-order valence-electron chi connectivity index (χ4n) is 2.22. The molecule has 0 radical (unpaired) electrons. The first-order valence-electron chi connectivity index (χ1n) is 5.74. The lowest BCUT2D eigenvalue weighted by Crippen LogP contribution is -2.17. The third kappa shape index (κ3) is 2.46. The van der Waals surface area contributed by atoms with Gasteiger partial charge in [0, 0.05) is 9.35 Å². The first kappa shape index (κ1) is 13.5. The predicted octanol–water partition coefficient (Wildman–Crippen LogP) is 4.79. The van der Waals surface area contributed by atoms with Gasteiger partial charge < -0.3 is 5.11 Å². The quantitative estimate of drug-likeness (QED) is 0.817. The number of fused-ring (bicyclic) bond motifs is 1. The highest BCUT2D eigenvalue weighted by molar-refractivity contribution is 9.10. The summed E-state index contributed by atoms with van der Waals surface area (Å²) >= 11 is 12.5. The minimum Gasteiger partial charge on any atom is -0.481 e. The van der Waals surface area contributed by atoms with Crippen molar-refractivity contribution in [2.45, 2.75) is 25.2 Å². The van der Waals surface area contributed by atoms with Crippen LogP contribution >= 0.6 is 50.2 Å². The summed E-state index contributed by atoms with van der Waals surface area (Å²) in [5.41, 5.74) is 0.749. The molecule has 2 aromatic rings. The molecular formula is C12H9BrClNO2S2. The van der Waals surface area contributed by atoms with Crippen LogP contribution in [0, 0.1) is 0 Å². The zero-order valence-corrected chi connectivity index (χ0v) is 13.6. The van der Waals surface area contributed by atoms with E-state index in [-0.39, 0.29) is 0 Å². The monoisotopic (exact) mass is 377 g/mol. The minimum absolute atomic E-state index is 0.451. The van der Waals surface area contributed by atoms with E-state index in [0.29, 0.717) is 10.8 Å². The van der Waals surface area contributed by atoms with E-state index in [1.54, 1.807) is 11.3 Å². The second kappa shape index (κ2) is 5.16. The Kier molecular flexibility index (Phi) is 3.68. The van der Waals surface area contributed by atoms with Gasteiger partial charge in [0.2, 0.25) is 0 Å². The van der Waals surface area contributed by atoms with Gasteiger partial charge in [-0.15, -0.1) is 22.7 Å². The molecule has 0 spiro atoms. The van der Waals surface area contributed by atoms with Crippen molar-refractivity contribution < 1.29 is 9.90 Å². The number of halogens is 2. The summed E-state index contributed by atoms with van der Waals surface area (Å²) in [6.07, 6.45) is 2.53. The van der Waals surface area contributed by atoms with Crippen molar-refractivity contribution in [3.8, 4) is 9.88 Å². The summed E-state index contributed by atoms with van der Waals surface area (Å²) in [6, 6.07) is 1.94. The molecule has 1 N–H and O–H groups in total. The molecule has 0 saturated heterocycles. The maximum Gasteiger partial charge on any atom is 0.312 e. The highest BCUT2D eigenvalue weighted by Crippen LogP contribution is 2.43. The van der Waals surface area contributed by atoms with E-state index in [2.05, 4.69) is 20.9 Å². The van der Waals surface area contributed by atoms with Crippen LogP contribution < -0.4 is 0 Å². The standard InChI is InChI=1S/C12H9BrClNO2S2/c13-6-4-8(18-10(6)14)11-15-9-5(12(16)17)2-1-3-7(9)19-11/h4-5H,1-3H2,(H,16,17). The fourth-order valence-corrected chi connectivity index (χ4v) is 5.13. The maximum absolute atomic E-state index is 11.3. The molecule has 0 aliphatic heterocycles. The van der Waals surface area contributed by atoms with E-state index in [1.165, 1.54) is 11.3 Å². The number of thiophene rings is 1. The highest BCUT2D eigenvalue weighted by Gasteiger charge is 2.30. The number of aliphatic carboxylic acids is 1. The van der Waals surface area contributed by atoms with Crippen LogP contribution in [0.25, 0.3) is 9.88 Å². The molecule has 19 heavy (non-hydrogen) atoms. The largest absolute Gasteiger partial charge is 0.481 e. The topological polar surface area (TPSA) is 50.2 Å². The second-order valence-corrected chi connectivity index (χ2v) is 7.94. The molecule has 0 aromatic carbocycles. The Morgan fingerprint density at radius 3 is 2.95 bits per heavy atom. The molecule has 0 amide bonds. The zero-order valence-electron chi connectivity index (χ0n) is 9.65. The van der Waals surface area contributed by atoms with E-state index >= 15 is 0 Å². The lowest BCUT2D eigenvalue weighted by Gasteiger charge is -2.16. The van der Waals surface area contributed by atoms with E-state index in [0.717, 1.165) is 37.8 Å². The third-order valence-corrected chi connectivity index (χ3v) is 6.88. The van der Waals surface area contributed by atoms with Crippen molar-refractivity contribution in [1.29, 1.82) is 0 Å². The van der Waals surface area contributed by atoms with Crippen molar-refractivity contribution in [1.82, 2.24) is 4.98 Å². The lowest BCUT2D eigenvalue weighted by atomic mass is 9.91. The number of thiazole rings is 1. The van der Waals surface area contributed by atoms with Crippen LogP contribution in [-0.2, 0) is 11.2 Å². The van der Waals surface area contributed by atoms with E-state index < -0.39 is 11.9 Å². The Morgan fingerprint density at radius 1 is 1.53 bits per heavy atom. The van der Waals surface area contributed by atoms with Gasteiger partial charge in [0.25, 0.3) is 0 Å². The minimum atomic E-state index is -0.775. The van der Waals surface area contributed by atoms with Crippen LogP contribution in [-0.4, -0.2) is 16.1 Å². The Morgan fingerprint density at radius 2 is 2.32 bits per heavy atom. The van der Waals surface area contributed by atoms with Gasteiger partial charge in [-0.05, 0) is 41.3 Å². The molecule has 1 unspecified atom stereocenters. The van der Waals surface area contributed by atoms with Gasteiger partial charge in [-0.25, -0.2) is 4.98 Å². The van der Waals surface area contributed by atoms with Crippen molar-refractivity contribution in [3.05, 3.63) is 25.4 Å². The molecule has 1 aliphatic carbocycles. The average Bonchev–Trinajstić information content (AvgIpc) is 2.93. The van der Waals surface area contributed by atoms with Crippen LogP contribution in [0.2, 0.25) is 4.34 Å². The van der Waals surface area contributed by atoms with Gasteiger partial charge in [-0.3, -0.25) is 4.79 Å². The predicted molar refractivity (Wildman–Crippen MR) is 81.5 cm³/mol. The SMILES string of the molecule is O=C(O)C1CCCc2sc(-c3cc(Br)c(Cl)s3)nc21. The Balaban J connectivity index is 2.04. The number of rotatable bonds is 2. The molecule has 7 heteroatoms. The number of carboxylic acid groups (broad SMARTS) is 1. The fraction of sp³-hybridized carbons (Fsp3) is 0.333. The van der Waals surface area contributed by atoms with Crippen molar-refractivity contribution >= 4 is 56.2 Å². The lowest BCUT2D eigenvalue weighted by molar-refractivity contribution is -0.139. The van der Waals surface area contributed by atoms with Gasteiger partial charge >= 0.3 is 5.97 Å². The first-order valence-corrected chi connectivity index (χ1v) is 8.54. The van der Waals surface area contributed by atoms with Crippen LogP contribution in [0.15, 0.2) is 10.5 Å². The van der Waals surface area contributed by atoms with E-state index in [4.69, 9.17) is 11.6 Å². The Labute approximate surface area is 131 Å². The van der Waals surface area contributed by atoms with Gasteiger partial charge in [0.1, 0.15) is 15.3 Å². The molecule has 100 valence electrons. The van der Waals surface area contributed by atoms with E-state index in [9.17, 15) is 9.90 Å². The number of nitrogens with zero attached hydrogens (tertiary/aromatic N) is 1. The van der Waals surface area contributed by atoms with Crippen LogP contribution in [0.3, 0.4) is 0 Å². The molecule has 3 rings (SSSR count). The summed E-state index contributed by atoms with van der Waals surface area (Å²) < 4.78 is 1.55. The molecule has 0 fully saturated rings. The van der Waals surface area contributed by atoms with Gasteiger partial charge in [-0.2, -0.15) is 0 Å². The number of hydrogen-bond acceptors (Lipinski definition) is 4. The molecule has 0 bridgehead atoms. The number of aryl methyl sites for hydroxylation is 1. The smallest absolute Gasteiger partial charge is 0.312 e. The summed E-state index contributed by atoms with van der Waals surface area (Å²) in [4.78, 5) is 17.9.